The highest BCUT2D eigenvalue weighted by atomic mass is 15.6. The molecular formula is C18H21N7. The highest BCUT2D eigenvalue weighted by Gasteiger charge is 2.22. The Morgan fingerprint density at radius 2 is 1.76 bits per heavy atom. The Labute approximate surface area is 146 Å². The highest BCUT2D eigenvalue weighted by molar-refractivity contribution is 5.42. The zero-order valence-corrected chi connectivity index (χ0v) is 14.3. The number of benzene rings is 1. The minimum atomic E-state index is 0.807. The third kappa shape index (κ3) is 3.51. The van der Waals surface area contributed by atoms with Crippen LogP contribution in [0.15, 0.2) is 48.7 Å². The van der Waals surface area contributed by atoms with Gasteiger partial charge in [-0.15, -0.1) is 0 Å². The Hall–Kier alpha value is -2.80. The molecule has 0 aliphatic carbocycles. The van der Waals surface area contributed by atoms with Gasteiger partial charge in [0.15, 0.2) is 0 Å². The second kappa shape index (κ2) is 6.98. The Balaban J connectivity index is 1.43. The fourth-order valence-corrected chi connectivity index (χ4v) is 3.06. The van der Waals surface area contributed by atoms with Crippen LogP contribution in [0.5, 0.6) is 0 Å². The number of aryl methyl sites for hydroxylation is 1. The largest absolute Gasteiger partial charge is 0.337 e. The molecule has 3 heterocycles. The molecule has 1 aliphatic rings. The minimum absolute atomic E-state index is 0.807. The first-order chi connectivity index (χ1) is 12.3. The molecule has 4 rings (SSSR count). The number of nitrogens with zero attached hydrogens (tertiary/aromatic N) is 7. The van der Waals surface area contributed by atoms with Crippen molar-refractivity contribution in [1.82, 2.24) is 30.1 Å². The second-order valence-corrected chi connectivity index (χ2v) is 6.31. The molecule has 1 fully saturated rings. The van der Waals surface area contributed by atoms with Crippen LogP contribution in [-0.4, -0.2) is 56.3 Å². The van der Waals surface area contributed by atoms with Gasteiger partial charge < -0.3 is 4.90 Å². The van der Waals surface area contributed by atoms with E-state index < -0.39 is 0 Å². The van der Waals surface area contributed by atoms with E-state index in [1.54, 1.807) is 0 Å². The lowest BCUT2D eigenvalue weighted by atomic mass is 10.2. The van der Waals surface area contributed by atoms with Gasteiger partial charge >= 0.3 is 0 Å². The predicted molar refractivity (Wildman–Crippen MR) is 95.6 cm³/mol. The second-order valence-electron chi connectivity index (χ2n) is 6.31. The van der Waals surface area contributed by atoms with Crippen molar-refractivity contribution in [3.8, 4) is 5.69 Å². The van der Waals surface area contributed by atoms with Crippen molar-refractivity contribution < 1.29 is 0 Å². The van der Waals surface area contributed by atoms with Crippen molar-refractivity contribution >= 4 is 5.95 Å². The summed E-state index contributed by atoms with van der Waals surface area (Å²) in [5.74, 6) is 0.807. The zero-order chi connectivity index (χ0) is 17.1. The molecule has 1 saturated heterocycles. The molecule has 3 aromatic rings. The molecule has 0 amide bonds. The first-order valence-corrected chi connectivity index (χ1v) is 8.52. The van der Waals surface area contributed by atoms with Crippen LogP contribution in [0.4, 0.5) is 5.95 Å². The van der Waals surface area contributed by atoms with Gasteiger partial charge in [0.05, 0.1) is 11.4 Å². The number of anilines is 1. The Morgan fingerprint density at radius 1 is 0.960 bits per heavy atom. The first kappa shape index (κ1) is 15.7. The van der Waals surface area contributed by atoms with E-state index in [9.17, 15) is 0 Å². The topological polar surface area (TPSA) is 63.0 Å². The average Bonchev–Trinajstić information content (AvgIpc) is 3.14. The monoisotopic (exact) mass is 335 g/mol. The standard InChI is InChI=1S/C18H21N7/c1-15-5-7-17(8-6-15)25-18(20-21-22-25)24-12-10-23(11-13-24)14-16-4-2-3-9-19-16/h2-9H,10-14H2,1H3. The Kier molecular flexibility index (Phi) is 4.39. The van der Waals surface area contributed by atoms with Crippen molar-refractivity contribution in [3.63, 3.8) is 0 Å². The van der Waals surface area contributed by atoms with Gasteiger partial charge in [0, 0.05) is 38.9 Å². The molecule has 0 saturated carbocycles. The molecule has 0 bridgehead atoms. The van der Waals surface area contributed by atoms with Crippen molar-refractivity contribution in [1.29, 1.82) is 0 Å². The van der Waals surface area contributed by atoms with E-state index in [1.807, 2.05) is 35.1 Å². The van der Waals surface area contributed by atoms with Gasteiger partial charge in [-0.1, -0.05) is 28.9 Å². The summed E-state index contributed by atoms with van der Waals surface area (Å²) >= 11 is 0. The molecule has 0 spiro atoms. The summed E-state index contributed by atoms with van der Waals surface area (Å²) in [6, 6.07) is 14.3. The summed E-state index contributed by atoms with van der Waals surface area (Å²) in [5.41, 5.74) is 3.32. The van der Waals surface area contributed by atoms with Crippen LogP contribution in [-0.2, 0) is 6.54 Å². The smallest absolute Gasteiger partial charge is 0.250 e. The maximum absolute atomic E-state index is 4.41. The number of rotatable bonds is 4. The Morgan fingerprint density at radius 3 is 2.48 bits per heavy atom. The van der Waals surface area contributed by atoms with Gasteiger partial charge in [-0.05, 0) is 41.6 Å². The average molecular weight is 335 g/mol. The van der Waals surface area contributed by atoms with Crippen LogP contribution in [0.25, 0.3) is 5.69 Å². The third-order valence-corrected chi connectivity index (χ3v) is 4.50. The molecule has 0 N–H and O–H groups in total. The van der Waals surface area contributed by atoms with Gasteiger partial charge in [-0.2, -0.15) is 4.68 Å². The molecule has 0 radical (unpaired) electrons. The van der Waals surface area contributed by atoms with Crippen LogP contribution >= 0.6 is 0 Å². The van der Waals surface area contributed by atoms with Crippen LogP contribution in [0.2, 0.25) is 0 Å². The fraction of sp³-hybridized carbons (Fsp3) is 0.333. The number of piperazine rings is 1. The van der Waals surface area contributed by atoms with Crippen molar-refractivity contribution in [2.24, 2.45) is 0 Å². The Bertz CT molecular complexity index is 805. The van der Waals surface area contributed by atoms with E-state index in [0.717, 1.165) is 50.1 Å². The predicted octanol–water partition coefficient (Wildman–Crippen LogP) is 1.69. The number of hydrogen-bond donors (Lipinski definition) is 0. The molecule has 7 nitrogen and oxygen atoms in total. The lowest BCUT2D eigenvalue weighted by Gasteiger charge is -2.34. The minimum Gasteiger partial charge on any atom is -0.337 e. The van der Waals surface area contributed by atoms with Crippen LogP contribution in [0.3, 0.4) is 0 Å². The number of tetrazole rings is 1. The summed E-state index contributed by atoms with van der Waals surface area (Å²) in [7, 11) is 0. The zero-order valence-electron chi connectivity index (χ0n) is 14.3. The maximum Gasteiger partial charge on any atom is 0.250 e. The van der Waals surface area contributed by atoms with Gasteiger partial charge in [0.25, 0.3) is 0 Å². The van der Waals surface area contributed by atoms with Gasteiger partial charge in [-0.3, -0.25) is 9.88 Å². The normalized spacial score (nSPS) is 15.5. The third-order valence-electron chi connectivity index (χ3n) is 4.50. The lowest BCUT2D eigenvalue weighted by molar-refractivity contribution is 0.245. The molecule has 25 heavy (non-hydrogen) atoms. The van der Waals surface area contributed by atoms with E-state index in [4.69, 9.17) is 0 Å². The van der Waals surface area contributed by atoms with Crippen molar-refractivity contribution in [2.45, 2.75) is 13.5 Å². The molecule has 0 atom stereocenters. The SMILES string of the molecule is Cc1ccc(-n2nnnc2N2CCN(Cc3ccccn3)CC2)cc1. The van der Waals surface area contributed by atoms with E-state index in [1.165, 1.54) is 5.56 Å². The molecule has 1 aliphatic heterocycles. The summed E-state index contributed by atoms with van der Waals surface area (Å²) in [5, 5.41) is 12.3. The van der Waals surface area contributed by atoms with Crippen molar-refractivity contribution in [3.05, 3.63) is 59.9 Å². The van der Waals surface area contributed by atoms with E-state index in [-0.39, 0.29) is 0 Å². The van der Waals surface area contributed by atoms with Gasteiger partial charge in [0.1, 0.15) is 0 Å². The summed E-state index contributed by atoms with van der Waals surface area (Å²) in [4.78, 5) is 9.07. The molecule has 2 aromatic heterocycles. The molecular weight excluding hydrogens is 314 g/mol. The highest BCUT2D eigenvalue weighted by Crippen LogP contribution is 2.18. The maximum atomic E-state index is 4.41. The fourth-order valence-electron chi connectivity index (χ4n) is 3.06. The summed E-state index contributed by atoms with van der Waals surface area (Å²) in [6.07, 6.45) is 1.85. The van der Waals surface area contributed by atoms with Crippen LogP contribution < -0.4 is 4.90 Å². The molecule has 128 valence electrons. The van der Waals surface area contributed by atoms with Crippen molar-refractivity contribution in [2.75, 3.05) is 31.1 Å². The van der Waals surface area contributed by atoms with E-state index >= 15 is 0 Å². The van der Waals surface area contributed by atoms with Gasteiger partial charge in [-0.25, -0.2) is 0 Å². The number of aromatic nitrogens is 5. The van der Waals surface area contributed by atoms with Crippen LogP contribution in [0.1, 0.15) is 11.3 Å². The van der Waals surface area contributed by atoms with Crippen LogP contribution in [0, 0.1) is 6.92 Å². The lowest BCUT2D eigenvalue weighted by Crippen LogP contribution is -2.47. The van der Waals surface area contributed by atoms with Gasteiger partial charge in [0.2, 0.25) is 5.95 Å². The molecule has 0 unspecified atom stereocenters. The summed E-state index contributed by atoms with van der Waals surface area (Å²) in [6.45, 7) is 6.70. The first-order valence-electron chi connectivity index (χ1n) is 8.52. The quantitative estimate of drug-likeness (QED) is 0.723. The van der Waals surface area contributed by atoms with E-state index in [2.05, 4.69) is 55.4 Å². The molecule has 1 aromatic carbocycles. The van der Waals surface area contributed by atoms with E-state index in [0.29, 0.717) is 0 Å². The number of hydrogen-bond acceptors (Lipinski definition) is 6. The number of pyridine rings is 1. The summed E-state index contributed by atoms with van der Waals surface area (Å²) < 4.78 is 1.81. The molecule has 7 heteroatoms.